The molecule has 1 aliphatic heterocycles. The van der Waals surface area contributed by atoms with Crippen molar-refractivity contribution in [2.24, 2.45) is 7.05 Å². The average molecular weight is 486 g/mol. The van der Waals surface area contributed by atoms with E-state index in [1.54, 1.807) is 64.0 Å². The number of pyridine rings is 1. The average Bonchev–Trinajstić information content (AvgIpc) is 3.10. The van der Waals surface area contributed by atoms with Crippen molar-refractivity contribution < 1.29 is 22.7 Å². The summed E-state index contributed by atoms with van der Waals surface area (Å²) in [5.74, 6) is -0.598. The molecular formula is C23H27N5O5S. The van der Waals surface area contributed by atoms with Crippen molar-refractivity contribution in [2.45, 2.75) is 50.7 Å². The van der Waals surface area contributed by atoms with Crippen molar-refractivity contribution in [1.29, 1.82) is 0 Å². The van der Waals surface area contributed by atoms with Crippen molar-refractivity contribution in [1.82, 2.24) is 20.1 Å². The fraction of sp³-hybridized carbons (Fsp3) is 0.391. The van der Waals surface area contributed by atoms with E-state index in [9.17, 15) is 18.0 Å². The van der Waals surface area contributed by atoms with Crippen molar-refractivity contribution in [3.8, 4) is 0 Å². The summed E-state index contributed by atoms with van der Waals surface area (Å²) in [6.45, 7) is 6.99. The molecule has 3 aromatic rings. The predicted molar refractivity (Wildman–Crippen MR) is 126 cm³/mol. The number of hydrogen-bond donors (Lipinski definition) is 2. The number of hydrogen-bond acceptors (Lipinski definition) is 7. The molecule has 1 atom stereocenters. The van der Waals surface area contributed by atoms with Gasteiger partial charge in [-0.2, -0.15) is 5.10 Å². The second kappa shape index (κ2) is 8.39. The monoisotopic (exact) mass is 485 g/mol. The number of alkyl carbamates (subject to hydrolysis) is 1. The molecule has 3 heterocycles. The Labute approximate surface area is 197 Å². The summed E-state index contributed by atoms with van der Waals surface area (Å²) in [5, 5.41) is 10.4. The second-order valence-corrected chi connectivity index (χ2v) is 11.4. The third-order valence-corrected chi connectivity index (χ3v) is 7.36. The van der Waals surface area contributed by atoms with E-state index in [1.807, 2.05) is 0 Å². The van der Waals surface area contributed by atoms with Gasteiger partial charge in [0.05, 0.1) is 34.0 Å². The van der Waals surface area contributed by atoms with E-state index in [-0.39, 0.29) is 22.6 Å². The Morgan fingerprint density at radius 1 is 1.24 bits per heavy atom. The number of fused-ring (bicyclic) bond motifs is 2. The lowest BCUT2D eigenvalue weighted by Crippen LogP contribution is -2.38. The zero-order valence-electron chi connectivity index (χ0n) is 19.7. The standard InChI is InChI=1S/C23H27N5O5S/c1-13-10-15-18(27-22(30)33-23(2,3)4)7-9-34(31,32)19(15)11-14(13)21(29)26-17-6-8-24-20-16(17)12-25-28(20)5/h6,8,10-12,18H,7,9H2,1-5H3,(H,27,30)(H,24,26,29). The highest BCUT2D eigenvalue weighted by molar-refractivity contribution is 7.91. The molecular weight excluding hydrogens is 458 g/mol. The largest absolute Gasteiger partial charge is 0.444 e. The van der Waals surface area contributed by atoms with E-state index >= 15 is 0 Å². The molecule has 4 rings (SSSR count). The Balaban J connectivity index is 1.67. The number of carbonyl (C=O) groups excluding carboxylic acids is 2. The van der Waals surface area contributed by atoms with Crippen LogP contribution >= 0.6 is 0 Å². The minimum absolute atomic E-state index is 0.0387. The lowest BCUT2D eigenvalue weighted by Gasteiger charge is -2.29. The fourth-order valence-electron chi connectivity index (χ4n) is 3.98. The number of amides is 2. The predicted octanol–water partition coefficient (Wildman–Crippen LogP) is 3.27. The maximum absolute atomic E-state index is 13.2. The van der Waals surface area contributed by atoms with Crippen LogP contribution in [0.2, 0.25) is 0 Å². The normalized spacial score (nSPS) is 17.1. The number of rotatable bonds is 3. The molecule has 0 fully saturated rings. The number of anilines is 1. The molecule has 0 aliphatic carbocycles. The molecule has 1 aromatic carbocycles. The molecule has 180 valence electrons. The summed E-state index contributed by atoms with van der Waals surface area (Å²) in [6, 6.07) is 4.15. The van der Waals surface area contributed by atoms with Crippen LogP contribution in [0.5, 0.6) is 0 Å². The van der Waals surface area contributed by atoms with Gasteiger partial charge < -0.3 is 15.4 Å². The molecule has 2 amide bonds. The summed E-state index contributed by atoms with van der Waals surface area (Å²) in [4.78, 5) is 29.8. The zero-order valence-corrected chi connectivity index (χ0v) is 20.5. The number of sulfone groups is 1. The van der Waals surface area contributed by atoms with Crippen LogP contribution in [0.4, 0.5) is 10.5 Å². The molecule has 0 radical (unpaired) electrons. The minimum atomic E-state index is -3.62. The number of aromatic nitrogens is 3. The Morgan fingerprint density at radius 3 is 2.68 bits per heavy atom. The van der Waals surface area contributed by atoms with Gasteiger partial charge in [-0.3, -0.25) is 9.48 Å². The lowest BCUT2D eigenvalue weighted by atomic mass is 9.97. The summed E-state index contributed by atoms with van der Waals surface area (Å²) < 4.78 is 32.6. The van der Waals surface area contributed by atoms with Crippen LogP contribution in [0, 0.1) is 6.92 Å². The van der Waals surface area contributed by atoms with E-state index < -0.39 is 33.5 Å². The summed E-state index contributed by atoms with van der Waals surface area (Å²) >= 11 is 0. The highest BCUT2D eigenvalue weighted by atomic mass is 32.2. The topological polar surface area (TPSA) is 132 Å². The maximum Gasteiger partial charge on any atom is 0.408 e. The summed E-state index contributed by atoms with van der Waals surface area (Å²) in [6.07, 6.45) is 2.77. The Morgan fingerprint density at radius 2 is 1.97 bits per heavy atom. The third kappa shape index (κ3) is 4.60. The molecule has 2 N–H and O–H groups in total. The van der Waals surface area contributed by atoms with Gasteiger partial charge >= 0.3 is 6.09 Å². The van der Waals surface area contributed by atoms with E-state index in [4.69, 9.17) is 4.74 Å². The number of ether oxygens (including phenoxy) is 1. The summed E-state index contributed by atoms with van der Waals surface area (Å²) in [5.41, 5.74) is 1.71. The van der Waals surface area contributed by atoms with Gasteiger partial charge in [0.15, 0.2) is 15.5 Å². The van der Waals surface area contributed by atoms with Crippen molar-refractivity contribution in [3.63, 3.8) is 0 Å². The first-order chi connectivity index (χ1) is 15.9. The van der Waals surface area contributed by atoms with E-state index in [2.05, 4.69) is 20.7 Å². The van der Waals surface area contributed by atoms with E-state index in [1.165, 1.54) is 6.07 Å². The first kappa shape index (κ1) is 23.7. The molecule has 0 saturated heterocycles. The van der Waals surface area contributed by atoms with Gasteiger partial charge in [0, 0.05) is 18.8 Å². The van der Waals surface area contributed by atoms with Crippen LogP contribution in [0.1, 0.15) is 54.7 Å². The molecule has 34 heavy (non-hydrogen) atoms. The van der Waals surface area contributed by atoms with E-state index in [0.29, 0.717) is 27.8 Å². The number of benzene rings is 1. The van der Waals surface area contributed by atoms with Crippen molar-refractivity contribution in [2.75, 3.05) is 11.1 Å². The molecule has 10 nitrogen and oxygen atoms in total. The van der Waals surface area contributed by atoms with E-state index in [0.717, 1.165) is 0 Å². The van der Waals surface area contributed by atoms with Crippen LogP contribution in [0.3, 0.4) is 0 Å². The number of aryl methyl sites for hydroxylation is 2. The van der Waals surface area contributed by atoms with Gasteiger partial charge in [0.1, 0.15) is 5.60 Å². The first-order valence-electron chi connectivity index (χ1n) is 10.8. The number of carbonyl (C=O) groups is 2. The molecule has 2 aromatic heterocycles. The van der Waals surface area contributed by atoms with Gasteiger partial charge in [-0.1, -0.05) is 6.07 Å². The quantitative estimate of drug-likeness (QED) is 0.582. The molecule has 0 spiro atoms. The zero-order chi connectivity index (χ0) is 24.8. The van der Waals surface area contributed by atoms with Gasteiger partial charge in [-0.25, -0.2) is 18.2 Å². The molecule has 0 saturated carbocycles. The van der Waals surface area contributed by atoms with Gasteiger partial charge in [-0.05, 0) is 57.4 Å². The SMILES string of the molecule is Cc1cc2c(cc1C(=O)Nc1ccnc3c1cnn3C)S(=O)(=O)CCC2NC(=O)OC(C)(C)C. The highest BCUT2D eigenvalue weighted by Crippen LogP contribution is 2.35. The Kier molecular flexibility index (Phi) is 5.84. The van der Waals surface area contributed by atoms with Gasteiger partial charge in [-0.15, -0.1) is 0 Å². The first-order valence-corrected chi connectivity index (χ1v) is 12.5. The van der Waals surface area contributed by atoms with Crippen LogP contribution < -0.4 is 10.6 Å². The van der Waals surface area contributed by atoms with Crippen LogP contribution in [0.15, 0.2) is 35.5 Å². The Hall–Kier alpha value is -3.47. The molecule has 11 heteroatoms. The molecule has 0 bridgehead atoms. The van der Waals surface area contributed by atoms with Crippen LogP contribution in [-0.2, 0) is 21.6 Å². The van der Waals surface area contributed by atoms with Crippen molar-refractivity contribution >= 4 is 38.6 Å². The van der Waals surface area contributed by atoms with Gasteiger partial charge in [0.2, 0.25) is 0 Å². The fourth-order valence-corrected chi connectivity index (χ4v) is 5.60. The molecule has 1 unspecified atom stereocenters. The maximum atomic E-state index is 13.2. The van der Waals surface area contributed by atoms with Crippen molar-refractivity contribution in [3.05, 3.63) is 47.3 Å². The lowest BCUT2D eigenvalue weighted by molar-refractivity contribution is 0.0500. The third-order valence-electron chi connectivity index (χ3n) is 5.56. The second-order valence-electron chi connectivity index (χ2n) is 9.33. The highest BCUT2D eigenvalue weighted by Gasteiger charge is 2.33. The molecule has 1 aliphatic rings. The number of nitrogens with zero attached hydrogens (tertiary/aromatic N) is 3. The van der Waals surface area contributed by atoms with Crippen LogP contribution in [-0.4, -0.2) is 46.5 Å². The van der Waals surface area contributed by atoms with Crippen LogP contribution in [0.25, 0.3) is 11.0 Å². The smallest absolute Gasteiger partial charge is 0.408 e. The Bertz CT molecular complexity index is 1410. The van der Waals surface area contributed by atoms with Gasteiger partial charge in [0.25, 0.3) is 5.91 Å². The summed E-state index contributed by atoms with van der Waals surface area (Å²) in [7, 11) is -1.87. The number of nitrogens with one attached hydrogen (secondary N) is 2. The minimum Gasteiger partial charge on any atom is -0.444 e.